The fraction of sp³-hybridized carbons (Fsp3) is 0.136. The molecule has 0 saturated carbocycles. The Balaban J connectivity index is 1.83. The number of nitrogens with one attached hydrogen (secondary N) is 1. The van der Waals surface area contributed by atoms with E-state index in [2.05, 4.69) is 5.32 Å². The summed E-state index contributed by atoms with van der Waals surface area (Å²) in [5, 5.41) is 12.0. The molecule has 3 rings (SSSR count). The Bertz CT molecular complexity index is 1030. The van der Waals surface area contributed by atoms with E-state index in [0.29, 0.717) is 12.2 Å². The number of aliphatic carboxylic acids is 1. The summed E-state index contributed by atoms with van der Waals surface area (Å²) in [7, 11) is 0. The molecule has 0 fully saturated rings. The molecule has 0 aliphatic heterocycles. The second-order valence-electron chi connectivity index (χ2n) is 6.54. The van der Waals surface area contributed by atoms with E-state index >= 15 is 0 Å². The van der Waals surface area contributed by atoms with E-state index in [9.17, 15) is 18.8 Å². The second kappa shape index (κ2) is 8.97. The number of carbonyl (C=O) groups is 3. The zero-order valence-corrected chi connectivity index (χ0v) is 15.5. The summed E-state index contributed by atoms with van der Waals surface area (Å²) in [5.41, 5.74) is 2.67. The third-order valence-electron chi connectivity index (χ3n) is 4.35. The number of carbonyl (C=O) groups excluding carboxylic acids is 2. The zero-order valence-electron chi connectivity index (χ0n) is 15.5. The molecule has 7 heteroatoms. The van der Waals surface area contributed by atoms with Crippen molar-refractivity contribution in [2.45, 2.75) is 19.5 Å². The lowest BCUT2D eigenvalue weighted by atomic mass is 10.1. The van der Waals surface area contributed by atoms with Gasteiger partial charge in [-0.05, 0) is 29.3 Å². The van der Waals surface area contributed by atoms with Crippen LogP contribution in [-0.4, -0.2) is 27.2 Å². The van der Waals surface area contributed by atoms with Crippen LogP contribution < -0.4 is 5.32 Å². The zero-order chi connectivity index (χ0) is 20.8. The third-order valence-corrected chi connectivity index (χ3v) is 4.35. The molecule has 1 aromatic heterocycles. The molecule has 29 heavy (non-hydrogen) atoms. The number of hydrogen-bond donors (Lipinski definition) is 2. The average Bonchev–Trinajstić information content (AvgIpc) is 3.11. The molecule has 0 saturated heterocycles. The van der Waals surface area contributed by atoms with E-state index in [4.69, 9.17) is 5.11 Å². The van der Waals surface area contributed by atoms with Gasteiger partial charge in [-0.3, -0.25) is 9.59 Å². The topological polar surface area (TPSA) is 88.4 Å². The van der Waals surface area contributed by atoms with Gasteiger partial charge in [-0.2, -0.15) is 0 Å². The van der Waals surface area contributed by atoms with Crippen molar-refractivity contribution >= 4 is 23.2 Å². The summed E-state index contributed by atoms with van der Waals surface area (Å²) >= 11 is 0. The minimum Gasteiger partial charge on any atom is -0.475 e. The maximum absolute atomic E-state index is 13.2. The minimum atomic E-state index is -1.64. The maximum Gasteiger partial charge on any atom is 0.372 e. The van der Waals surface area contributed by atoms with Gasteiger partial charge in [0.15, 0.2) is 5.78 Å². The van der Waals surface area contributed by atoms with Crippen LogP contribution in [0.5, 0.6) is 0 Å². The molecular weight excluding hydrogens is 375 g/mol. The molecule has 3 aromatic rings. The molecule has 0 aliphatic rings. The normalized spacial score (nSPS) is 10.5. The van der Waals surface area contributed by atoms with Crippen molar-refractivity contribution in [1.82, 2.24) is 4.57 Å². The Labute approximate surface area is 166 Å². The van der Waals surface area contributed by atoms with E-state index in [0.717, 1.165) is 11.1 Å². The number of halogens is 1. The quantitative estimate of drug-likeness (QED) is 0.329. The molecule has 0 amide bonds. The number of ketones is 2. The van der Waals surface area contributed by atoms with Crippen LogP contribution in [-0.2, 0) is 22.7 Å². The summed E-state index contributed by atoms with van der Waals surface area (Å²) < 4.78 is 14.8. The highest BCUT2D eigenvalue weighted by Gasteiger charge is 2.21. The smallest absolute Gasteiger partial charge is 0.372 e. The molecule has 0 atom stereocenters. The molecule has 0 aliphatic carbocycles. The Morgan fingerprint density at radius 1 is 0.966 bits per heavy atom. The summed E-state index contributed by atoms with van der Waals surface area (Å²) in [4.78, 5) is 34.8. The second-order valence-corrected chi connectivity index (χ2v) is 6.54. The van der Waals surface area contributed by atoms with E-state index in [1.165, 1.54) is 12.1 Å². The number of carboxylic acid groups (broad SMARTS) is 1. The monoisotopic (exact) mass is 394 g/mol. The van der Waals surface area contributed by atoms with Crippen LogP contribution in [0.25, 0.3) is 0 Å². The summed E-state index contributed by atoms with van der Waals surface area (Å²) in [6, 6.07) is 17.1. The number of carboxylic acids is 1. The molecule has 2 N–H and O–H groups in total. The average molecular weight is 394 g/mol. The molecule has 0 spiro atoms. The Hall–Kier alpha value is -3.74. The van der Waals surface area contributed by atoms with E-state index in [-0.39, 0.29) is 18.1 Å². The van der Waals surface area contributed by atoms with Gasteiger partial charge >= 0.3 is 5.97 Å². The number of Topliss-reactive ketones (excluding diaryl/α,β-unsaturated/α-hetero) is 2. The van der Waals surface area contributed by atoms with Crippen LogP contribution in [0.3, 0.4) is 0 Å². The van der Waals surface area contributed by atoms with Crippen LogP contribution in [0.15, 0.2) is 66.9 Å². The fourth-order valence-electron chi connectivity index (χ4n) is 2.87. The maximum atomic E-state index is 13.2. The molecule has 6 nitrogen and oxygen atoms in total. The molecular formula is C22H19FN2O4. The van der Waals surface area contributed by atoms with Crippen molar-refractivity contribution < 1.29 is 23.9 Å². The van der Waals surface area contributed by atoms with Gasteiger partial charge in [-0.1, -0.05) is 42.5 Å². The largest absolute Gasteiger partial charge is 0.475 e. The lowest BCUT2D eigenvalue weighted by molar-refractivity contribution is -0.148. The number of benzene rings is 2. The van der Waals surface area contributed by atoms with Crippen molar-refractivity contribution in [3.05, 3.63) is 89.5 Å². The Morgan fingerprint density at radius 3 is 2.31 bits per heavy atom. The predicted molar refractivity (Wildman–Crippen MR) is 105 cm³/mol. The third kappa shape index (κ3) is 5.38. The number of anilines is 1. The van der Waals surface area contributed by atoms with Crippen LogP contribution in [0, 0.1) is 5.82 Å². The molecule has 0 radical (unpaired) electrons. The van der Waals surface area contributed by atoms with Gasteiger partial charge in [-0.25, -0.2) is 9.18 Å². The van der Waals surface area contributed by atoms with Crippen LogP contribution in [0.4, 0.5) is 10.1 Å². The first-order valence-corrected chi connectivity index (χ1v) is 8.94. The molecule has 0 bridgehead atoms. The van der Waals surface area contributed by atoms with Gasteiger partial charge in [0.05, 0.1) is 17.8 Å². The summed E-state index contributed by atoms with van der Waals surface area (Å²) in [6.07, 6.45) is 0.992. The number of aromatic nitrogens is 1. The van der Waals surface area contributed by atoms with Crippen molar-refractivity contribution in [1.29, 1.82) is 0 Å². The van der Waals surface area contributed by atoms with Gasteiger partial charge in [0.25, 0.3) is 0 Å². The molecule has 2 aromatic carbocycles. The predicted octanol–water partition coefficient (Wildman–Crippen LogP) is 3.51. The highest BCUT2D eigenvalue weighted by molar-refractivity contribution is 6.37. The van der Waals surface area contributed by atoms with Crippen LogP contribution in [0.1, 0.15) is 28.0 Å². The Morgan fingerprint density at radius 2 is 1.66 bits per heavy atom. The number of rotatable bonds is 9. The van der Waals surface area contributed by atoms with E-state index in [1.807, 2.05) is 30.3 Å². The van der Waals surface area contributed by atoms with Crippen molar-refractivity contribution in [3.63, 3.8) is 0 Å². The van der Waals surface area contributed by atoms with Gasteiger partial charge < -0.3 is 15.0 Å². The van der Waals surface area contributed by atoms with Gasteiger partial charge in [0, 0.05) is 19.3 Å². The van der Waals surface area contributed by atoms with E-state index in [1.54, 1.807) is 29.0 Å². The summed E-state index contributed by atoms with van der Waals surface area (Å²) in [5.74, 6) is -3.76. The summed E-state index contributed by atoms with van der Waals surface area (Å²) in [6.45, 7) is 0.804. The highest BCUT2D eigenvalue weighted by atomic mass is 19.1. The Kier molecular flexibility index (Phi) is 6.19. The number of hydrogen-bond acceptors (Lipinski definition) is 4. The lowest BCUT2D eigenvalue weighted by Crippen LogP contribution is -2.19. The molecule has 148 valence electrons. The van der Waals surface area contributed by atoms with Crippen LogP contribution >= 0.6 is 0 Å². The first-order chi connectivity index (χ1) is 13.9. The van der Waals surface area contributed by atoms with Gasteiger partial charge in [-0.15, -0.1) is 0 Å². The van der Waals surface area contributed by atoms with Crippen molar-refractivity contribution in [2.24, 2.45) is 0 Å². The van der Waals surface area contributed by atoms with Gasteiger partial charge in [0.2, 0.25) is 5.78 Å². The number of nitrogens with zero attached hydrogens (tertiary/aromatic N) is 1. The highest BCUT2D eigenvalue weighted by Crippen LogP contribution is 2.19. The first-order valence-electron chi connectivity index (χ1n) is 8.94. The lowest BCUT2D eigenvalue weighted by Gasteiger charge is -2.08. The van der Waals surface area contributed by atoms with Gasteiger partial charge in [0.1, 0.15) is 5.82 Å². The van der Waals surface area contributed by atoms with Crippen molar-refractivity contribution in [2.75, 3.05) is 5.32 Å². The fourth-order valence-corrected chi connectivity index (χ4v) is 2.87. The standard InChI is InChI=1S/C22H19FN2O4/c23-17-8-6-16(7-9-17)13-25-14-18(24-12-15-4-2-1-3-5-15)10-19(25)20(26)11-21(27)22(28)29/h1-10,14,24H,11-13H2,(H,28,29). The molecule has 1 heterocycles. The van der Waals surface area contributed by atoms with E-state index < -0.39 is 24.0 Å². The minimum absolute atomic E-state index is 0.208. The SMILES string of the molecule is O=C(O)C(=O)CC(=O)c1cc(NCc2ccccc2)cn1Cc1ccc(F)cc1. The molecule has 0 unspecified atom stereocenters. The first kappa shape index (κ1) is 20.0. The van der Waals surface area contributed by atoms with Crippen LogP contribution in [0.2, 0.25) is 0 Å². The van der Waals surface area contributed by atoms with Crippen molar-refractivity contribution in [3.8, 4) is 0 Å².